The lowest BCUT2D eigenvalue weighted by molar-refractivity contribution is -0.115. The number of rotatable bonds is 8. The minimum Gasteiger partial charge on any atom is -0.396 e. The molecule has 0 heterocycles. The van der Waals surface area contributed by atoms with Gasteiger partial charge in [0.2, 0.25) is 5.91 Å². The van der Waals surface area contributed by atoms with Crippen LogP contribution in [0.4, 0.5) is 11.4 Å². The Bertz CT molecular complexity index is 627. The predicted molar refractivity (Wildman–Crippen MR) is 98.3 cm³/mol. The maximum absolute atomic E-state index is 12.1. The second-order valence-electron chi connectivity index (χ2n) is 5.85. The van der Waals surface area contributed by atoms with Gasteiger partial charge in [-0.3, -0.25) is 4.79 Å². The molecule has 3 N–H and O–H groups in total. The number of nitrogens with zero attached hydrogens (tertiary/aromatic N) is 1. The number of nitrogens with one attached hydrogen (secondary N) is 2. The first-order valence-corrected chi connectivity index (χ1v) is 8.06. The zero-order chi connectivity index (χ0) is 17.4. The molecule has 1 atom stereocenters. The summed E-state index contributed by atoms with van der Waals surface area (Å²) < 4.78 is 0. The molecule has 0 aliphatic carbocycles. The van der Waals surface area contributed by atoms with Crippen LogP contribution in [0.2, 0.25) is 0 Å². The molecular formula is C19H25N3O2. The van der Waals surface area contributed by atoms with Crippen LogP contribution in [-0.4, -0.2) is 38.3 Å². The number of hydrogen-bond acceptors (Lipinski definition) is 4. The van der Waals surface area contributed by atoms with E-state index in [-0.39, 0.29) is 25.1 Å². The smallest absolute Gasteiger partial charge is 0.238 e. The molecule has 0 saturated carbocycles. The van der Waals surface area contributed by atoms with Gasteiger partial charge in [0.05, 0.1) is 6.54 Å². The van der Waals surface area contributed by atoms with E-state index in [1.807, 2.05) is 73.6 Å². The Morgan fingerprint density at radius 1 is 1.08 bits per heavy atom. The lowest BCUT2D eigenvalue weighted by atomic mass is 10.0. The molecule has 0 saturated heterocycles. The monoisotopic (exact) mass is 327 g/mol. The molecule has 0 fully saturated rings. The van der Waals surface area contributed by atoms with E-state index >= 15 is 0 Å². The van der Waals surface area contributed by atoms with Crippen molar-refractivity contribution in [2.45, 2.75) is 12.5 Å². The molecule has 1 amide bonds. The van der Waals surface area contributed by atoms with Gasteiger partial charge in [0.1, 0.15) is 0 Å². The van der Waals surface area contributed by atoms with Crippen LogP contribution in [0, 0.1) is 0 Å². The van der Waals surface area contributed by atoms with E-state index in [0.717, 1.165) is 16.9 Å². The second-order valence-corrected chi connectivity index (χ2v) is 5.85. The van der Waals surface area contributed by atoms with Gasteiger partial charge >= 0.3 is 0 Å². The molecule has 0 aliphatic heterocycles. The highest BCUT2D eigenvalue weighted by Gasteiger charge is 2.12. The molecule has 24 heavy (non-hydrogen) atoms. The highest BCUT2D eigenvalue weighted by molar-refractivity contribution is 5.92. The second kappa shape index (κ2) is 9.05. The van der Waals surface area contributed by atoms with Crippen LogP contribution in [0.25, 0.3) is 0 Å². The van der Waals surface area contributed by atoms with Crippen molar-refractivity contribution in [1.29, 1.82) is 0 Å². The highest BCUT2D eigenvalue weighted by Crippen LogP contribution is 2.17. The van der Waals surface area contributed by atoms with E-state index in [0.29, 0.717) is 6.42 Å². The van der Waals surface area contributed by atoms with Gasteiger partial charge in [0.15, 0.2) is 0 Å². The first kappa shape index (κ1) is 18.0. The van der Waals surface area contributed by atoms with Gasteiger partial charge in [0, 0.05) is 38.1 Å². The number of anilines is 2. The van der Waals surface area contributed by atoms with E-state index in [4.69, 9.17) is 0 Å². The van der Waals surface area contributed by atoms with Gasteiger partial charge in [-0.1, -0.05) is 30.3 Å². The van der Waals surface area contributed by atoms with Gasteiger partial charge in [0.25, 0.3) is 0 Å². The third kappa shape index (κ3) is 5.37. The quantitative estimate of drug-likeness (QED) is 0.697. The van der Waals surface area contributed by atoms with Crippen LogP contribution in [0.15, 0.2) is 54.6 Å². The van der Waals surface area contributed by atoms with Crippen LogP contribution in [0.5, 0.6) is 0 Å². The molecule has 0 aromatic heterocycles. The first-order valence-electron chi connectivity index (χ1n) is 8.06. The molecule has 0 aliphatic rings. The molecule has 0 bridgehead atoms. The molecule has 5 heteroatoms. The Labute approximate surface area is 143 Å². The largest absolute Gasteiger partial charge is 0.396 e. The fourth-order valence-corrected chi connectivity index (χ4v) is 2.47. The van der Waals surface area contributed by atoms with Crippen molar-refractivity contribution in [3.05, 3.63) is 60.2 Å². The van der Waals surface area contributed by atoms with Crippen LogP contribution >= 0.6 is 0 Å². The predicted octanol–water partition coefficient (Wildman–Crippen LogP) is 2.40. The van der Waals surface area contributed by atoms with Crippen molar-refractivity contribution in [2.24, 2.45) is 0 Å². The summed E-state index contributed by atoms with van der Waals surface area (Å²) in [5.74, 6) is -0.105. The number of carbonyl (C=O) groups is 1. The minimum atomic E-state index is -0.105. The Morgan fingerprint density at radius 3 is 2.33 bits per heavy atom. The minimum absolute atomic E-state index is 0.0435. The fourth-order valence-electron chi connectivity index (χ4n) is 2.47. The molecule has 5 nitrogen and oxygen atoms in total. The lowest BCUT2D eigenvalue weighted by Gasteiger charge is -2.18. The number of aliphatic hydroxyl groups is 1. The first-order chi connectivity index (χ1) is 11.6. The van der Waals surface area contributed by atoms with E-state index in [1.54, 1.807) is 0 Å². The van der Waals surface area contributed by atoms with E-state index in [2.05, 4.69) is 10.6 Å². The van der Waals surface area contributed by atoms with Crippen molar-refractivity contribution in [3.63, 3.8) is 0 Å². The summed E-state index contributed by atoms with van der Waals surface area (Å²) in [5.41, 5.74) is 2.92. The van der Waals surface area contributed by atoms with Crippen molar-refractivity contribution in [2.75, 3.05) is 37.5 Å². The van der Waals surface area contributed by atoms with E-state index in [9.17, 15) is 9.90 Å². The number of carbonyl (C=O) groups excluding carboxylic acids is 1. The molecule has 2 aromatic rings. The standard InChI is InChI=1S/C19H25N3O2/c1-22(2)17-10-8-16(9-11-17)21-19(24)14-20-18(12-13-23)15-6-4-3-5-7-15/h3-11,18,20,23H,12-14H2,1-2H3,(H,21,24). The Hall–Kier alpha value is -2.37. The molecule has 2 aromatic carbocycles. The molecule has 1 unspecified atom stereocenters. The summed E-state index contributed by atoms with van der Waals surface area (Å²) >= 11 is 0. The Balaban J connectivity index is 1.89. The van der Waals surface area contributed by atoms with Crippen molar-refractivity contribution < 1.29 is 9.90 Å². The van der Waals surface area contributed by atoms with Crippen LogP contribution in [-0.2, 0) is 4.79 Å². The zero-order valence-corrected chi connectivity index (χ0v) is 14.2. The SMILES string of the molecule is CN(C)c1ccc(NC(=O)CNC(CCO)c2ccccc2)cc1. The third-order valence-corrected chi connectivity index (χ3v) is 3.80. The van der Waals surface area contributed by atoms with Crippen molar-refractivity contribution in [3.8, 4) is 0 Å². The Morgan fingerprint density at radius 2 is 1.75 bits per heavy atom. The highest BCUT2D eigenvalue weighted by atomic mass is 16.3. The summed E-state index contributed by atoms with van der Waals surface area (Å²) in [6.07, 6.45) is 0.564. The summed E-state index contributed by atoms with van der Waals surface area (Å²) in [4.78, 5) is 14.1. The maximum Gasteiger partial charge on any atom is 0.238 e. The lowest BCUT2D eigenvalue weighted by Crippen LogP contribution is -2.31. The molecule has 2 rings (SSSR count). The van der Waals surface area contributed by atoms with Gasteiger partial charge in [-0.05, 0) is 36.2 Å². The molecule has 128 valence electrons. The van der Waals surface area contributed by atoms with Crippen LogP contribution in [0.3, 0.4) is 0 Å². The number of hydrogen-bond donors (Lipinski definition) is 3. The number of benzene rings is 2. The van der Waals surface area contributed by atoms with Crippen molar-refractivity contribution in [1.82, 2.24) is 5.32 Å². The van der Waals surface area contributed by atoms with E-state index in [1.165, 1.54) is 0 Å². The van der Waals surface area contributed by atoms with Crippen LogP contribution in [0.1, 0.15) is 18.0 Å². The topological polar surface area (TPSA) is 64.6 Å². The number of amides is 1. The molecule has 0 spiro atoms. The van der Waals surface area contributed by atoms with Crippen LogP contribution < -0.4 is 15.5 Å². The van der Waals surface area contributed by atoms with Gasteiger partial charge in [-0.2, -0.15) is 0 Å². The maximum atomic E-state index is 12.1. The summed E-state index contributed by atoms with van der Waals surface area (Å²) in [6.45, 7) is 0.259. The molecular weight excluding hydrogens is 302 g/mol. The van der Waals surface area contributed by atoms with Gasteiger partial charge < -0.3 is 20.6 Å². The summed E-state index contributed by atoms with van der Waals surface area (Å²) in [7, 11) is 3.95. The zero-order valence-electron chi connectivity index (χ0n) is 14.2. The summed E-state index contributed by atoms with van der Waals surface area (Å²) in [5, 5.41) is 15.3. The fraction of sp³-hybridized carbons (Fsp3) is 0.316. The van der Waals surface area contributed by atoms with Crippen molar-refractivity contribution >= 4 is 17.3 Å². The average molecular weight is 327 g/mol. The third-order valence-electron chi connectivity index (χ3n) is 3.80. The van der Waals surface area contributed by atoms with E-state index < -0.39 is 0 Å². The summed E-state index contributed by atoms with van der Waals surface area (Å²) in [6, 6.07) is 17.5. The average Bonchev–Trinajstić information content (AvgIpc) is 2.60. The molecule has 0 radical (unpaired) electrons. The Kier molecular flexibility index (Phi) is 6.78. The van der Waals surface area contributed by atoms with Gasteiger partial charge in [-0.15, -0.1) is 0 Å². The number of aliphatic hydroxyl groups excluding tert-OH is 1. The normalized spacial score (nSPS) is 11.8. The van der Waals surface area contributed by atoms with Gasteiger partial charge in [-0.25, -0.2) is 0 Å².